The van der Waals surface area contributed by atoms with Crippen LogP contribution in [-0.4, -0.2) is 26.5 Å². The molecule has 0 radical (unpaired) electrons. The Kier molecular flexibility index (Phi) is 4.22. The zero-order chi connectivity index (χ0) is 15.8. The van der Waals surface area contributed by atoms with Crippen molar-refractivity contribution in [3.63, 3.8) is 0 Å². The molecule has 0 bridgehead atoms. The Morgan fingerprint density at radius 3 is 2.57 bits per heavy atom. The van der Waals surface area contributed by atoms with Crippen LogP contribution in [0.3, 0.4) is 0 Å². The average molecular weight is 350 g/mol. The smallest absolute Gasteiger partial charge is 0.345 e. The number of carboxylic acids is 1. The predicted octanol–water partition coefficient (Wildman–Crippen LogP) is 3.06. The van der Waals surface area contributed by atoms with E-state index < -0.39 is 21.8 Å². The lowest BCUT2D eigenvalue weighted by Gasteiger charge is -2.19. The number of rotatable bonds is 4. The van der Waals surface area contributed by atoms with Crippen molar-refractivity contribution in [2.75, 3.05) is 11.4 Å². The Labute approximate surface area is 129 Å². The number of hydrogen-bond acceptors (Lipinski definition) is 4. The molecule has 9 heteroatoms. The molecule has 2 aromatic rings. The summed E-state index contributed by atoms with van der Waals surface area (Å²) in [7, 11) is -2.86. The molecule has 1 aromatic heterocycles. The van der Waals surface area contributed by atoms with Gasteiger partial charge in [0.15, 0.2) is 0 Å². The molecule has 5 nitrogen and oxygen atoms in total. The molecule has 21 heavy (non-hydrogen) atoms. The van der Waals surface area contributed by atoms with Crippen LogP contribution in [0.5, 0.6) is 0 Å². The molecule has 0 amide bonds. The van der Waals surface area contributed by atoms with Crippen molar-refractivity contribution in [2.24, 2.45) is 0 Å². The summed E-state index contributed by atoms with van der Waals surface area (Å²) in [6, 6.07) is 4.63. The topological polar surface area (TPSA) is 74.7 Å². The van der Waals surface area contributed by atoms with Crippen molar-refractivity contribution in [1.82, 2.24) is 0 Å². The zero-order valence-electron chi connectivity index (χ0n) is 10.6. The number of hydrogen-bond donors (Lipinski definition) is 1. The lowest BCUT2D eigenvalue weighted by atomic mass is 10.3. The van der Waals surface area contributed by atoms with Gasteiger partial charge in [-0.1, -0.05) is 11.6 Å². The van der Waals surface area contributed by atoms with E-state index in [0.717, 1.165) is 27.8 Å². The van der Waals surface area contributed by atoms with Gasteiger partial charge in [0.05, 0.1) is 10.6 Å². The van der Waals surface area contributed by atoms with Gasteiger partial charge in [0.25, 0.3) is 10.0 Å². The van der Waals surface area contributed by atoms with Gasteiger partial charge in [-0.25, -0.2) is 17.6 Å². The molecule has 0 aliphatic carbocycles. The van der Waals surface area contributed by atoms with Gasteiger partial charge >= 0.3 is 5.97 Å². The number of thiophene rings is 1. The maximum Gasteiger partial charge on any atom is 0.345 e. The quantitative estimate of drug-likeness (QED) is 0.920. The summed E-state index contributed by atoms with van der Waals surface area (Å²) < 4.78 is 39.2. The molecule has 0 unspecified atom stereocenters. The van der Waals surface area contributed by atoms with Crippen LogP contribution in [0.15, 0.2) is 34.5 Å². The van der Waals surface area contributed by atoms with Gasteiger partial charge < -0.3 is 5.11 Å². The summed E-state index contributed by atoms with van der Waals surface area (Å²) in [4.78, 5) is 10.5. The molecule has 0 aliphatic heterocycles. The first kappa shape index (κ1) is 15.7. The number of anilines is 1. The second kappa shape index (κ2) is 5.63. The minimum atomic E-state index is -4.04. The highest BCUT2D eigenvalue weighted by Crippen LogP contribution is 2.28. The summed E-state index contributed by atoms with van der Waals surface area (Å²) in [6.07, 6.45) is 0. The minimum Gasteiger partial charge on any atom is -0.477 e. The van der Waals surface area contributed by atoms with Crippen LogP contribution in [0.4, 0.5) is 10.1 Å². The van der Waals surface area contributed by atoms with Gasteiger partial charge in [0.1, 0.15) is 10.7 Å². The molecular weight excluding hydrogens is 341 g/mol. The van der Waals surface area contributed by atoms with Crippen molar-refractivity contribution in [2.45, 2.75) is 4.90 Å². The summed E-state index contributed by atoms with van der Waals surface area (Å²) in [5.41, 5.74) is -0.178. The molecule has 112 valence electrons. The monoisotopic (exact) mass is 349 g/mol. The van der Waals surface area contributed by atoms with Crippen molar-refractivity contribution >= 4 is 44.6 Å². The first-order valence-electron chi connectivity index (χ1n) is 5.49. The SMILES string of the molecule is CN(c1ccc(Cl)cc1F)S(=O)(=O)c1csc(C(=O)O)c1. The Hall–Kier alpha value is -1.64. The first-order chi connectivity index (χ1) is 9.73. The number of benzene rings is 1. The maximum absolute atomic E-state index is 13.8. The van der Waals surface area contributed by atoms with E-state index in [0.29, 0.717) is 0 Å². The number of nitrogens with zero attached hydrogens (tertiary/aromatic N) is 1. The Morgan fingerprint density at radius 1 is 1.38 bits per heavy atom. The highest BCUT2D eigenvalue weighted by Gasteiger charge is 2.25. The molecule has 0 saturated carbocycles. The normalized spacial score (nSPS) is 11.4. The molecule has 1 heterocycles. The molecule has 1 aromatic carbocycles. The first-order valence-corrected chi connectivity index (χ1v) is 8.19. The third kappa shape index (κ3) is 3.02. The van der Waals surface area contributed by atoms with Gasteiger partial charge in [0, 0.05) is 17.5 Å². The van der Waals surface area contributed by atoms with Crippen molar-refractivity contribution < 1.29 is 22.7 Å². The number of aromatic carboxylic acids is 1. The van der Waals surface area contributed by atoms with E-state index in [1.54, 1.807) is 0 Å². The highest BCUT2D eigenvalue weighted by molar-refractivity contribution is 7.93. The zero-order valence-corrected chi connectivity index (χ0v) is 13.0. The van der Waals surface area contributed by atoms with E-state index in [2.05, 4.69) is 0 Å². The minimum absolute atomic E-state index is 0.112. The Balaban J connectivity index is 2.44. The molecule has 0 aliphatic rings. The predicted molar refractivity (Wildman–Crippen MR) is 78.3 cm³/mol. The summed E-state index contributed by atoms with van der Waals surface area (Å²) >= 11 is 6.40. The van der Waals surface area contributed by atoms with Crippen LogP contribution in [0.1, 0.15) is 9.67 Å². The van der Waals surface area contributed by atoms with Crippen molar-refractivity contribution in [1.29, 1.82) is 0 Å². The lowest BCUT2D eigenvalue weighted by molar-refractivity contribution is 0.0702. The summed E-state index contributed by atoms with van der Waals surface area (Å²) in [6.45, 7) is 0. The molecule has 1 N–H and O–H groups in total. The van der Waals surface area contributed by atoms with E-state index in [4.69, 9.17) is 16.7 Å². The molecule has 2 rings (SSSR count). The molecular formula is C12H9ClFNO4S2. The maximum atomic E-state index is 13.8. The number of halogens is 2. The average Bonchev–Trinajstić information content (AvgIpc) is 2.88. The van der Waals surface area contributed by atoms with Crippen LogP contribution in [0.2, 0.25) is 5.02 Å². The van der Waals surface area contributed by atoms with Gasteiger partial charge in [-0.2, -0.15) is 0 Å². The standard InChI is InChI=1S/C12H9ClFNO4S2/c1-15(10-3-2-7(13)4-9(10)14)21(18,19)8-5-11(12(16)17)20-6-8/h2-6H,1H3,(H,16,17). The largest absolute Gasteiger partial charge is 0.477 e. The Bertz CT molecular complexity index is 803. The second-order valence-corrected chi connectivity index (χ2v) is 7.34. The molecule has 0 fully saturated rings. The van der Waals surface area contributed by atoms with Gasteiger partial charge in [-0.15, -0.1) is 11.3 Å². The fraction of sp³-hybridized carbons (Fsp3) is 0.0833. The number of carbonyl (C=O) groups is 1. The van der Waals surface area contributed by atoms with Crippen LogP contribution in [0, 0.1) is 5.82 Å². The van der Waals surface area contributed by atoms with E-state index in [-0.39, 0.29) is 20.5 Å². The van der Waals surface area contributed by atoms with Crippen molar-refractivity contribution in [3.8, 4) is 0 Å². The number of sulfonamides is 1. The van der Waals surface area contributed by atoms with Crippen LogP contribution >= 0.6 is 22.9 Å². The van der Waals surface area contributed by atoms with Crippen LogP contribution in [-0.2, 0) is 10.0 Å². The Morgan fingerprint density at radius 2 is 2.05 bits per heavy atom. The van der Waals surface area contributed by atoms with E-state index in [1.165, 1.54) is 24.6 Å². The summed E-state index contributed by atoms with van der Waals surface area (Å²) in [5, 5.41) is 10.2. The second-order valence-electron chi connectivity index (χ2n) is 4.02. The molecule has 0 atom stereocenters. The van der Waals surface area contributed by atoms with Crippen LogP contribution < -0.4 is 4.31 Å². The van der Waals surface area contributed by atoms with Crippen LogP contribution in [0.25, 0.3) is 0 Å². The fourth-order valence-corrected chi connectivity index (χ4v) is 4.05. The third-order valence-electron chi connectivity index (χ3n) is 2.69. The van der Waals surface area contributed by atoms with Crippen molar-refractivity contribution in [3.05, 3.63) is 45.4 Å². The van der Waals surface area contributed by atoms with Gasteiger partial charge in [-0.3, -0.25) is 4.31 Å². The van der Waals surface area contributed by atoms with E-state index >= 15 is 0 Å². The highest BCUT2D eigenvalue weighted by atomic mass is 35.5. The molecule has 0 spiro atoms. The van der Waals surface area contributed by atoms with Gasteiger partial charge in [-0.05, 0) is 24.3 Å². The van der Waals surface area contributed by atoms with E-state index in [1.807, 2.05) is 0 Å². The summed E-state index contributed by atoms with van der Waals surface area (Å²) in [5.74, 6) is -2.01. The van der Waals surface area contributed by atoms with Gasteiger partial charge in [0.2, 0.25) is 0 Å². The number of carboxylic acid groups (broad SMARTS) is 1. The molecule has 0 saturated heterocycles. The lowest BCUT2D eigenvalue weighted by Crippen LogP contribution is -2.27. The van der Waals surface area contributed by atoms with E-state index in [9.17, 15) is 17.6 Å². The fourth-order valence-electron chi connectivity index (χ4n) is 1.59. The third-order valence-corrected chi connectivity index (χ3v) is 5.75.